The van der Waals surface area contributed by atoms with E-state index in [-0.39, 0.29) is 0 Å². The molecule has 0 saturated heterocycles. The van der Waals surface area contributed by atoms with Crippen LogP contribution in [0.3, 0.4) is 0 Å². The van der Waals surface area contributed by atoms with Gasteiger partial charge in [0.2, 0.25) is 5.95 Å². The summed E-state index contributed by atoms with van der Waals surface area (Å²) in [5, 5.41) is 2.97. The Hall–Kier alpha value is -1.32. The maximum absolute atomic E-state index is 4.44. The van der Waals surface area contributed by atoms with Gasteiger partial charge in [-0.25, -0.2) is 4.98 Å². The number of rotatable bonds is 4. The number of nitrogens with one attached hydrogen (secondary N) is 1. The Morgan fingerprint density at radius 1 is 1.44 bits per heavy atom. The molecule has 0 amide bonds. The van der Waals surface area contributed by atoms with Gasteiger partial charge in [0.25, 0.3) is 0 Å². The van der Waals surface area contributed by atoms with Gasteiger partial charge in [-0.05, 0) is 24.8 Å². The quantitative estimate of drug-likeness (QED) is 0.844. The van der Waals surface area contributed by atoms with Gasteiger partial charge in [0, 0.05) is 26.8 Å². The summed E-state index contributed by atoms with van der Waals surface area (Å²) in [4.78, 5) is 10.8. The van der Waals surface area contributed by atoms with Crippen LogP contribution in [-0.4, -0.2) is 30.6 Å². The standard InChI is InChI=1S/C12H20N4/c1-13-12-14-8-7-11(15-12)16(2)9-10-5-3-4-6-10/h7-8,10H,3-6,9H2,1-2H3,(H,13,14,15). The van der Waals surface area contributed by atoms with E-state index in [1.807, 2.05) is 13.1 Å². The van der Waals surface area contributed by atoms with E-state index in [1.165, 1.54) is 25.7 Å². The van der Waals surface area contributed by atoms with Crippen molar-refractivity contribution in [1.29, 1.82) is 0 Å². The van der Waals surface area contributed by atoms with Gasteiger partial charge in [0.05, 0.1) is 0 Å². The van der Waals surface area contributed by atoms with E-state index < -0.39 is 0 Å². The van der Waals surface area contributed by atoms with E-state index in [4.69, 9.17) is 0 Å². The Morgan fingerprint density at radius 3 is 2.88 bits per heavy atom. The molecule has 4 nitrogen and oxygen atoms in total. The van der Waals surface area contributed by atoms with Crippen LogP contribution in [0.25, 0.3) is 0 Å². The molecular formula is C12H20N4. The third-order valence-corrected chi connectivity index (χ3v) is 3.26. The second-order valence-corrected chi connectivity index (χ2v) is 4.52. The van der Waals surface area contributed by atoms with Gasteiger partial charge in [-0.15, -0.1) is 0 Å². The minimum Gasteiger partial charge on any atom is -0.359 e. The van der Waals surface area contributed by atoms with E-state index in [0.717, 1.165) is 18.3 Å². The van der Waals surface area contributed by atoms with Crippen molar-refractivity contribution in [3.63, 3.8) is 0 Å². The Morgan fingerprint density at radius 2 is 2.19 bits per heavy atom. The summed E-state index contributed by atoms with van der Waals surface area (Å²) in [6.07, 6.45) is 7.33. The predicted molar refractivity (Wildman–Crippen MR) is 66.8 cm³/mol. The largest absolute Gasteiger partial charge is 0.359 e. The molecule has 0 radical (unpaired) electrons. The molecule has 0 atom stereocenters. The fourth-order valence-corrected chi connectivity index (χ4v) is 2.36. The average molecular weight is 220 g/mol. The third kappa shape index (κ3) is 2.62. The lowest BCUT2D eigenvalue weighted by molar-refractivity contribution is 0.545. The van der Waals surface area contributed by atoms with Gasteiger partial charge in [-0.1, -0.05) is 12.8 Å². The highest BCUT2D eigenvalue weighted by molar-refractivity contribution is 5.41. The average Bonchev–Trinajstić information content (AvgIpc) is 2.82. The Balaban J connectivity index is 1.98. The van der Waals surface area contributed by atoms with Crippen LogP contribution in [0.5, 0.6) is 0 Å². The normalized spacial score (nSPS) is 16.4. The lowest BCUT2D eigenvalue weighted by Crippen LogP contribution is -2.25. The van der Waals surface area contributed by atoms with Crippen LogP contribution in [0.1, 0.15) is 25.7 Å². The number of hydrogen-bond acceptors (Lipinski definition) is 4. The highest BCUT2D eigenvalue weighted by atomic mass is 15.2. The van der Waals surface area contributed by atoms with Gasteiger partial charge in [-0.3, -0.25) is 0 Å². The maximum Gasteiger partial charge on any atom is 0.224 e. The number of nitrogens with zero attached hydrogens (tertiary/aromatic N) is 3. The molecule has 0 unspecified atom stereocenters. The first-order valence-electron chi connectivity index (χ1n) is 6.01. The number of anilines is 2. The molecule has 1 aromatic heterocycles. The minimum absolute atomic E-state index is 0.691. The summed E-state index contributed by atoms with van der Waals surface area (Å²) < 4.78 is 0. The molecule has 1 N–H and O–H groups in total. The van der Waals surface area contributed by atoms with Gasteiger partial charge in [-0.2, -0.15) is 4.98 Å². The highest BCUT2D eigenvalue weighted by Gasteiger charge is 2.17. The number of aromatic nitrogens is 2. The first-order chi connectivity index (χ1) is 7.79. The predicted octanol–water partition coefficient (Wildman–Crippen LogP) is 2.14. The topological polar surface area (TPSA) is 41.1 Å². The first-order valence-corrected chi connectivity index (χ1v) is 6.01. The zero-order chi connectivity index (χ0) is 11.4. The van der Waals surface area contributed by atoms with Crippen molar-refractivity contribution in [2.45, 2.75) is 25.7 Å². The molecule has 0 aliphatic heterocycles. The van der Waals surface area contributed by atoms with Crippen molar-refractivity contribution >= 4 is 11.8 Å². The molecule has 2 rings (SSSR count). The summed E-state index contributed by atoms with van der Waals surface area (Å²) >= 11 is 0. The van der Waals surface area contributed by atoms with Gasteiger partial charge in [0.1, 0.15) is 5.82 Å². The van der Waals surface area contributed by atoms with Crippen molar-refractivity contribution < 1.29 is 0 Å². The summed E-state index contributed by atoms with van der Waals surface area (Å²) in [5.41, 5.74) is 0. The van der Waals surface area contributed by atoms with Crippen LogP contribution >= 0.6 is 0 Å². The van der Waals surface area contributed by atoms with Crippen LogP contribution in [0.2, 0.25) is 0 Å². The van der Waals surface area contributed by atoms with Crippen LogP contribution in [0.15, 0.2) is 12.3 Å². The van der Waals surface area contributed by atoms with Crippen LogP contribution in [-0.2, 0) is 0 Å². The molecule has 1 aromatic rings. The smallest absolute Gasteiger partial charge is 0.224 e. The van der Waals surface area contributed by atoms with E-state index >= 15 is 0 Å². The van der Waals surface area contributed by atoms with Crippen molar-refractivity contribution in [3.05, 3.63) is 12.3 Å². The molecule has 16 heavy (non-hydrogen) atoms. The summed E-state index contributed by atoms with van der Waals surface area (Å²) in [6.45, 7) is 1.11. The lowest BCUT2D eigenvalue weighted by atomic mass is 10.1. The monoisotopic (exact) mass is 220 g/mol. The van der Waals surface area contributed by atoms with Crippen molar-refractivity contribution in [3.8, 4) is 0 Å². The van der Waals surface area contributed by atoms with E-state index in [1.54, 1.807) is 6.20 Å². The lowest BCUT2D eigenvalue weighted by Gasteiger charge is -2.22. The van der Waals surface area contributed by atoms with Crippen LogP contribution < -0.4 is 10.2 Å². The van der Waals surface area contributed by atoms with E-state index in [0.29, 0.717) is 5.95 Å². The minimum atomic E-state index is 0.691. The molecule has 1 heterocycles. The third-order valence-electron chi connectivity index (χ3n) is 3.26. The first kappa shape index (κ1) is 11.2. The SMILES string of the molecule is CNc1nccc(N(C)CC2CCCC2)n1. The Labute approximate surface area is 97.1 Å². The Kier molecular flexibility index (Phi) is 3.59. The molecule has 1 fully saturated rings. The molecule has 0 bridgehead atoms. The maximum atomic E-state index is 4.44. The molecule has 0 spiro atoms. The second kappa shape index (κ2) is 5.14. The van der Waals surface area contributed by atoms with Gasteiger partial charge >= 0.3 is 0 Å². The fraction of sp³-hybridized carbons (Fsp3) is 0.667. The zero-order valence-corrected chi connectivity index (χ0v) is 10.1. The summed E-state index contributed by atoms with van der Waals surface area (Å²) in [5.74, 6) is 2.54. The molecule has 4 heteroatoms. The van der Waals surface area contributed by atoms with Crippen LogP contribution in [0.4, 0.5) is 11.8 Å². The second-order valence-electron chi connectivity index (χ2n) is 4.52. The number of hydrogen-bond donors (Lipinski definition) is 1. The van der Waals surface area contributed by atoms with Gasteiger partial charge in [0.15, 0.2) is 0 Å². The fourth-order valence-electron chi connectivity index (χ4n) is 2.36. The highest BCUT2D eigenvalue weighted by Crippen LogP contribution is 2.26. The van der Waals surface area contributed by atoms with E-state index in [9.17, 15) is 0 Å². The van der Waals surface area contributed by atoms with E-state index in [2.05, 4.69) is 27.2 Å². The molecule has 0 aromatic carbocycles. The van der Waals surface area contributed by atoms with Crippen LogP contribution in [0, 0.1) is 5.92 Å². The zero-order valence-electron chi connectivity index (χ0n) is 10.1. The van der Waals surface area contributed by atoms with Crippen molar-refractivity contribution in [1.82, 2.24) is 9.97 Å². The summed E-state index contributed by atoms with van der Waals surface area (Å²) in [7, 11) is 3.95. The van der Waals surface area contributed by atoms with Crippen molar-refractivity contribution in [2.75, 3.05) is 30.9 Å². The van der Waals surface area contributed by atoms with Crippen molar-refractivity contribution in [2.24, 2.45) is 5.92 Å². The summed E-state index contributed by atoms with van der Waals surface area (Å²) in [6, 6.07) is 1.97. The molecule has 88 valence electrons. The van der Waals surface area contributed by atoms with Gasteiger partial charge < -0.3 is 10.2 Å². The molecular weight excluding hydrogens is 200 g/mol. The Bertz CT molecular complexity index is 334. The molecule has 1 saturated carbocycles. The molecule has 1 aliphatic carbocycles. The molecule has 1 aliphatic rings.